The van der Waals surface area contributed by atoms with E-state index in [-0.39, 0.29) is 22.9 Å². The maximum absolute atomic E-state index is 12.8. The van der Waals surface area contributed by atoms with Crippen LogP contribution in [0.1, 0.15) is 15.9 Å². The van der Waals surface area contributed by atoms with Gasteiger partial charge in [-0.05, 0) is 35.9 Å². The van der Waals surface area contributed by atoms with Crippen LogP contribution >= 0.6 is 0 Å². The molecule has 0 aromatic heterocycles. The number of ether oxygens (including phenoxy) is 1. The van der Waals surface area contributed by atoms with Gasteiger partial charge in [-0.3, -0.25) is 4.79 Å². The highest BCUT2D eigenvalue weighted by Gasteiger charge is 2.14. The number of allylic oxidation sites excluding steroid dienone is 1. The molecule has 0 aliphatic rings. The van der Waals surface area contributed by atoms with Crippen molar-refractivity contribution in [3.63, 3.8) is 0 Å². The minimum atomic E-state index is -0.562. The van der Waals surface area contributed by atoms with Crippen molar-refractivity contribution in [2.75, 3.05) is 14.1 Å². The minimum Gasteiger partial charge on any atom is -0.409 e. The highest BCUT2D eigenvalue weighted by atomic mass is 19.1. The Labute approximate surface area is 133 Å². The van der Waals surface area contributed by atoms with Crippen molar-refractivity contribution >= 4 is 18.0 Å². The van der Waals surface area contributed by atoms with Gasteiger partial charge in [-0.15, -0.1) is 0 Å². The number of benzene rings is 2. The lowest BCUT2D eigenvalue weighted by Gasteiger charge is -2.12. The van der Waals surface area contributed by atoms with Gasteiger partial charge in [0.25, 0.3) is 0 Å². The fraction of sp³-hybridized carbons (Fsp3) is 0.111. The fourth-order valence-corrected chi connectivity index (χ4v) is 1.78. The molecule has 0 atom stereocenters. The third-order valence-corrected chi connectivity index (χ3v) is 3.01. The van der Waals surface area contributed by atoms with Crippen molar-refractivity contribution in [2.45, 2.75) is 0 Å². The van der Waals surface area contributed by atoms with Gasteiger partial charge < -0.3 is 9.64 Å². The summed E-state index contributed by atoms with van der Waals surface area (Å²) in [5.41, 5.74) is 0.976. The lowest BCUT2D eigenvalue weighted by molar-refractivity contribution is 0.104. The molecule has 0 unspecified atom stereocenters. The average Bonchev–Trinajstić information content (AvgIpc) is 2.54. The van der Waals surface area contributed by atoms with Crippen LogP contribution in [0.4, 0.5) is 9.18 Å². The highest BCUT2D eigenvalue weighted by molar-refractivity contribution is 6.08. The number of carbonyl (C=O) groups excluding carboxylic acids is 2. The zero-order chi connectivity index (χ0) is 16.8. The Morgan fingerprint density at radius 2 is 1.70 bits per heavy atom. The second-order valence-corrected chi connectivity index (χ2v) is 5.01. The lowest BCUT2D eigenvalue weighted by atomic mass is 10.1. The van der Waals surface area contributed by atoms with E-state index in [1.165, 1.54) is 23.1 Å². The van der Waals surface area contributed by atoms with Gasteiger partial charge in [-0.2, -0.15) is 0 Å². The molecule has 0 saturated heterocycles. The predicted octanol–water partition coefficient (Wildman–Crippen LogP) is 3.78. The molecule has 0 fully saturated rings. The van der Waals surface area contributed by atoms with E-state index in [9.17, 15) is 14.0 Å². The van der Waals surface area contributed by atoms with Crippen LogP contribution < -0.4 is 4.74 Å². The molecule has 0 spiro atoms. The Kier molecular flexibility index (Phi) is 5.25. The van der Waals surface area contributed by atoms with Crippen LogP contribution in [-0.2, 0) is 0 Å². The van der Waals surface area contributed by atoms with Crippen LogP contribution in [0, 0.1) is 5.82 Å². The van der Waals surface area contributed by atoms with Crippen LogP contribution in [0.15, 0.2) is 54.6 Å². The van der Waals surface area contributed by atoms with Crippen molar-refractivity contribution < 1.29 is 18.7 Å². The Hall–Kier alpha value is -2.95. The number of ketones is 1. The molecule has 2 aromatic rings. The summed E-state index contributed by atoms with van der Waals surface area (Å²) in [4.78, 5) is 25.2. The molecule has 2 aromatic carbocycles. The van der Waals surface area contributed by atoms with E-state index in [0.717, 1.165) is 0 Å². The summed E-state index contributed by atoms with van der Waals surface area (Å²) >= 11 is 0. The maximum Gasteiger partial charge on any atom is 0.414 e. The van der Waals surface area contributed by atoms with Crippen LogP contribution in [0.3, 0.4) is 0 Å². The van der Waals surface area contributed by atoms with Gasteiger partial charge in [0.2, 0.25) is 0 Å². The smallest absolute Gasteiger partial charge is 0.409 e. The number of para-hydroxylation sites is 1. The lowest BCUT2D eigenvalue weighted by Crippen LogP contribution is -2.25. The minimum absolute atomic E-state index is 0.194. The molecule has 0 N–H and O–H groups in total. The largest absolute Gasteiger partial charge is 0.414 e. The van der Waals surface area contributed by atoms with E-state index < -0.39 is 6.09 Å². The molecule has 0 bridgehead atoms. The van der Waals surface area contributed by atoms with E-state index in [1.54, 1.807) is 56.6 Å². The van der Waals surface area contributed by atoms with Gasteiger partial charge in [0.1, 0.15) is 11.6 Å². The second-order valence-electron chi connectivity index (χ2n) is 5.01. The first kappa shape index (κ1) is 16.4. The van der Waals surface area contributed by atoms with Gasteiger partial charge in [-0.1, -0.05) is 30.3 Å². The topological polar surface area (TPSA) is 46.6 Å². The number of carbonyl (C=O) groups is 2. The zero-order valence-corrected chi connectivity index (χ0v) is 12.8. The highest BCUT2D eigenvalue weighted by Crippen LogP contribution is 2.20. The van der Waals surface area contributed by atoms with Gasteiger partial charge in [0.05, 0.1) is 5.56 Å². The third-order valence-electron chi connectivity index (χ3n) is 3.01. The Balaban J connectivity index is 2.19. The van der Waals surface area contributed by atoms with E-state index in [4.69, 9.17) is 4.74 Å². The van der Waals surface area contributed by atoms with Gasteiger partial charge in [0, 0.05) is 14.1 Å². The Morgan fingerprint density at radius 1 is 1.04 bits per heavy atom. The van der Waals surface area contributed by atoms with Crippen LogP contribution in [0.25, 0.3) is 6.08 Å². The molecule has 0 radical (unpaired) electrons. The molecule has 5 heteroatoms. The number of rotatable bonds is 4. The number of halogens is 1. The molecule has 118 valence electrons. The average molecular weight is 313 g/mol. The zero-order valence-electron chi connectivity index (χ0n) is 12.8. The van der Waals surface area contributed by atoms with Gasteiger partial charge in [-0.25, -0.2) is 9.18 Å². The molecular formula is C18H16FNO3. The van der Waals surface area contributed by atoms with Gasteiger partial charge >= 0.3 is 6.09 Å². The Bertz CT molecular complexity index is 736. The first-order valence-corrected chi connectivity index (χ1v) is 6.93. The summed E-state index contributed by atoms with van der Waals surface area (Å²) < 4.78 is 18.0. The molecule has 0 saturated carbocycles. The van der Waals surface area contributed by atoms with E-state index in [0.29, 0.717) is 5.56 Å². The number of amides is 1. The summed E-state index contributed by atoms with van der Waals surface area (Å²) in [5, 5.41) is 0. The van der Waals surface area contributed by atoms with Crippen molar-refractivity contribution in [3.05, 3.63) is 71.6 Å². The van der Waals surface area contributed by atoms with Crippen molar-refractivity contribution in [3.8, 4) is 5.75 Å². The first-order valence-electron chi connectivity index (χ1n) is 6.93. The summed E-state index contributed by atoms with van der Waals surface area (Å²) in [6.45, 7) is 0. The van der Waals surface area contributed by atoms with Crippen LogP contribution in [-0.4, -0.2) is 30.9 Å². The molecule has 1 amide bonds. The quantitative estimate of drug-likeness (QED) is 0.637. The molecular weight excluding hydrogens is 297 g/mol. The Morgan fingerprint density at radius 3 is 2.35 bits per heavy atom. The monoisotopic (exact) mass is 313 g/mol. The normalized spacial score (nSPS) is 10.6. The van der Waals surface area contributed by atoms with Crippen LogP contribution in [0.5, 0.6) is 5.75 Å². The van der Waals surface area contributed by atoms with Crippen molar-refractivity contribution in [1.82, 2.24) is 4.90 Å². The molecule has 23 heavy (non-hydrogen) atoms. The second kappa shape index (κ2) is 7.35. The SMILES string of the molecule is CN(C)C(=O)Oc1ccccc1C(=O)/C=C/c1ccc(F)cc1. The first-order chi connectivity index (χ1) is 11.0. The van der Waals surface area contributed by atoms with Crippen molar-refractivity contribution in [2.24, 2.45) is 0 Å². The summed E-state index contributed by atoms with van der Waals surface area (Å²) in [5.74, 6) is -0.453. The molecule has 2 rings (SSSR count). The molecule has 0 aliphatic heterocycles. The molecule has 4 nitrogen and oxygen atoms in total. The summed E-state index contributed by atoms with van der Waals surface area (Å²) in [6, 6.07) is 12.3. The van der Waals surface area contributed by atoms with Crippen molar-refractivity contribution in [1.29, 1.82) is 0 Å². The molecule has 0 aliphatic carbocycles. The van der Waals surface area contributed by atoms with E-state index in [1.807, 2.05) is 0 Å². The number of hydrogen-bond acceptors (Lipinski definition) is 3. The maximum atomic E-state index is 12.8. The van der Waals surface area contributed by atoms with Gasteiger partial charge in [0.15, 0.2) is 5.78 Å². The summed E-state index contributed by atoms with van der Waals surface area (Å²) in [6.07, 6.45) is 2.37. The predicted molar refractivity (Wildman–Crippen MR) is 85.9 cm³/mol. The number of hydrogen-bond donors (Lipinski definition) is 0. The standard InChI is InChI=1S/C18H16FNO3/c1-20(2)18(22)23-17-6-4-3-5-15(17)16(21)12-9-13-7-10-14(19)11-8-13/h3-12H,1-2H3/b12-9+. The molecule has 0 heterocycles. The van der Waals surface area contributed by atoms with E-state index in [2.05, 4.69) is 0 Å². The third kappa shape index (κ3) is 4.51. The van der Waals surface area contributed by atoms with E-state index >= 15 is 0 Å². The summed E-state index contributed by atoms with van der Waals surface area (Å²) in [7, 11) is 3.11. The number of nitrogens with zero attached hydrogens (tertiary/aromatic N) is 1. The fourth-order valence-electron chi connectivity index (χ4n) is 1.78. The van der Waals surface area contributed by atoms with Crippen LogP contribution in [0.2, 0.25) is 0 Å².